The summed E-state index contributed by atoms with van der Waals surface area (Å²) in [5.74, 6) is 0.386. The number of nitrogens with zero attached hydrogens (tertiary/aromatic N) is 2. The lowest BCUT2D eigenvalue weighted by Crippen LogP contribution is -2.26. The molecule has 0 aliphatic carbocycles. The Morgan fingerprint density at radius 1 is 1.03 bits per heavy atom. The molecule has 0 amide bonds. The molecule has 3 aromatic rings. The fraction of sp³-hybridized carbons (Fsp3) is 0.333. The molecule has 3 rings (SSSR count). The summed E-state index contributed by atoms with van der Waals surface area (Å²) in [6.45, 7) is 6.51. The van der Waals surface area contributed by atoms with Crippen molar-refractivity contribution in [2.45, 2.75) is 46.1 Å². The average Bonchev–Trinajstić information content (AvgIpc) is 2.84. The van der Waals surface area contributed by atoms with Gasteiger partial charge in [0.2, 0.25) is 0 Å². The largest absolute Gasteiger partial charge is 0.478 e. The van der Waals surface area contributed by atoms with Crippen LogP contribution in [0.4, 0.5) is 11.4 Å². The number of carboxylic acids is 1. The zero-order valence-corrected chi connectivity index (χ0v) is 19.5. The van der Waals surface area contributed by atoms with Crippen LogP contribution in [0.2, 0.25) is 0 Å². The van der Waals surface area contributed by atoms with Gasteiger partial charge in [-0.05, 0) is 48.7 Å². The molecule has 0 unspecified atom stereocenters. The monoisotopic (exact) mass is 447 g/mol. The number of pyridine rings is 1. The van der Waals surface area contributed by atoms with Crippen LogP contribution in [0.25, 0.3) is 0 Å². The summed E-state index contributed by atoms with van der Waals surface area (Å²) in [4.78, 5) is 18.4. The highest BCUT2D eigenvalue weighted by Crippen LogP contribution is 2.41. The van der Waals surface area contributed by atoms with Gasteiger partial charge in [0.05, 0.1) is 16.9 Å². The molecule has 0 spiro atoms. The molecule has 0 aliphatic rings. The molecule has 0 atom stereocenters. The first-order valence-corrected chi connectivity index (χ1v) is 11.6. The number of rotatable bonds is 13. The number of carboxylic acid groups (broad SMARTS) is 1. The summed E-state index contributed by atoms with van der Waals surface area (Å²) in [5, 5.41) is 13.2. The van der Waals surface area contributed by atoms with Crippen molar-refractivity contribution in [1.29, 1.82) is 0 Å². The number of ether oxygens (including phenoxy) is 1. The maximum absolute atomic E-state index is 12.0. The van der Waals surface area contributed by atoms with Crippen molar-refractivity contribution in [2.24, 2.45) is 0 Å². The van der Waals surface area contributed by atoms with Crippen molar-refractivity contribution >= 4 is 17.3 Å². The first-order valence-electron chi connectivity index (χ1n) is 11.6. The summed E-state index contributed by atoms with van der Waals surface area (Å²) >= 11 is 0. The number of anilines is 2. The Labute approximate surface area is 196 Å². The van der Waals surface area contributed by atoms with Crippen molar-refractivity contribution in [3.8, 4) is 11.5 Å². The van der Waals surface area contributed by atoms with Gasteiger partial charge < -0.3 is 20.1 Å². The second-order valence-electron chi connectivity index (χ2n) is 8.00. The van der Waals surface area contributed by atoms with Gasteiger partial charge in [0.1, 0.15) is 5.75 Å². The van der Waals surface area contributed by atoms with E-state index < -0.39 is 5.97 Å². The van der Waals surface area contributed by atoms with Crippen LogP contribution in [0.3, 0.4) is 0 Å². The highest BCUT2D eigenvalue weighted by molar-refractivity contribution is 5.92. The minimum absolute atomic E-state index is 0.233. The lowest BCUT2D eigenvalue weighted by atomic mass is 10.1. The normalized spacial score (nSPS) is 10.6. The van der Waals surface area contributed by atoms with Gasteiger partial charge in [-0.1, -0.05) is 51.0 Å². The molecule has 0 bridgehead atoms. The molecule has 6 nitrogen and oxygen atoms in total. The Morgan fingerprint density at radius 3 is 2.36 bits per heavy atom. The van der Waals surface area contributed by atoms with Crippen LogP contribution in [0.1, 0.15) is 55.5 Å². The lowest BCUT2D eigenvalue weighted by molar-refractivity contribution is 0.0697. The van der Waals surface area contributed by atoms with Gasteiger partial charge in [-0.15, -0.1) is 0 Å². The van der Waals surface area contributed by atoms with Gasteiger partial charge >= 0.3 is 5.97 Å². The number of hydrogen-bond acceptors (Lipinski definition) is 5. The van der Waals surface area contributed by atoms with Crippen LogP contribution in [0.5, 0.6) is 11.5 Å². The lowest BCUT2D eigenvalue weighted by Gasteiger charge is -2.29. The third kappa shape index (κ3) is 6.97. The SMILES string of the molecule is CCCCN(CCCC)c1cc(C(=O)O)cc(NCc2cccnc2)c1Oc1ccccc1. The minimum atomic E-state index is -0.960. The van der Waals surface area contributed by atoms with E-state index in [2.05, 4.69) is 29.0 Å². The fourth-order valence-electron chi connectivity index (χ4n) is 3.57. The number of benzene rings is 2. The summed E-state index contributed by atoms with van der Waals surface area (Å²) in [6, 6.07) is 16.9. The molecule has 2 N–H and O–H groups in total. The molecule has 33 heavy (non-hydrogen) atoms. The Balaban J connectivity index is 2.07. The quantitative estimate of drug-likeness (QED) is 0.308. The topological polar surface area (TPSA) is 74.7 Å². The molecule has 0 aliphatic heterocycles. The van der Waals surface area contributed by atoms with Crippen LogP contribution in [-0.2, 0) is 6.54 Å². The van der Waals surface area contributed by atoms with E-state index in [1.165, 1.54) is 0 Å². The molecule has 1 heterocycles. The highest BCUT2D eigenvalue weighted by Gasteiger charge is 2.21. The van der Waals surface area contributed by atoms with E-state index in [9.17, 15) is 9.90 Å². The number of aromatic carboxylic acids is 1. The van der Waals surface area contributed by atoms with Crippen molar-refractivity contribution in [2.75, 3.05) is 23.3 Å². The second kappa shape index (κ2) is 12.5. The van der Waals surface area contributed by atoms with Crippen molar-refractivity contribution in [3.63, 3.8) is 0 Å². The Kier molecular flexibility index (Phi) is 9.12. The van der Waals surface area contributed by atoms with Gasteiger partial charge in [0.15, 0.2) is 5.75 Å². The number of carbonyl (C=O) groups is 1. The summed E-state index contributed by atoms with van der Waals surface area (Å²) < 4.78 is 6.39. The van der Waals surface area contributed by atoms with E-state index in [4.69, 9.17) is 4.74 Å². The Hall–Kier alpha value is -3.54. The first kappa shape index (κ1) is 24.1. The minimum Gasteiger partial charge on any atom is -0.478 e. The van der Waals surface area contributed by atoms with E-state index in [0.717, 1.165) is 50.0 Å². The third-order valence-electron chi connectivity index (χ3n) is 5.39. The molecule has 0 saturated heterocycles. The first-order chi connectivity index (χ1) is 16.1. The number of unbranched alkanes of at least 4 members (excludes halogenated alkanes) is 2. The van der Waals surface area contributed by atoms with E-state index in [0.29, 0.717) is 23.7 Å². The molecular weight excluding hydrogens is 414 g/mol. The standard InChI is InChI=1S/C27H33N3O3/c1-3-5-15-30(16-6-4-2)25-18-22(27(31)32)17-24(29-20-21-11-10-14-28-19-21)26(25)33-23-12-8-7-9-13-23/h7-14,17-19,29H,3-6,15-16,20H2,1-2H3,(H,31,32). The molecule has 6 heteroatoms. The molecule has 1 aromatic heterocycles. The predicted octanol–water partition coefficient (Wildman–Crippen LogP) is 6.59. The molecule has 0 radical (unpaired) electrons. The molecule has 174 valence electrons. The summed E-state index contributed by atoms with van der Waals surface area (Å²) in [6.07, 6.45) is 7.68. The molecule has 2 aromatic carbocycles. The van der Waals surface area contributed by atoms with Gasteiger partial charge in [-0.3, -0.25) is 4.98 Å². The molecule has 0 saturated carbocycles. The average molecular weight is 448 g/mol. The smallest absolute Gasteiger partial charge is 0.335 e. The maximum Gasteiger partial charge on any atom is 0.335 e. The van der Waals surface area contributed by atoms with Gasteiger partial charge in [0, 0.05) is 32.0 Å². The van der Waals surface area contributed by atoms with Gasteiger partial charge in [-0.2, -0.15) is 0 Å². The number of hydrogen-bond donors (Lipinski definition) is 2. The molecular formula is C27H33N3O3. The predicted molar refractivity (Wildman–Crippen MR) is 134 cm³/mol. The highest BCUT2D eigenvalue weighted by atomic mass is 16.5. The van der Waals surface area contributed by atoms with E-state index in [1.807, 2.05) is 42.5 Å². The fourth-order valence-corrected chi connectivity index (χ4v) is 3.57. The zero-order chi connectivity index (χ0) is 23.5. The number of aromatic nitrogens is 1. The number of para-hydroxylation sites is 1. The second-order valence-corrected chi connectivity index (χ2v) is 8.00. The van der Waals surface area contributed by atoms with E-state index >= 15 is 0 Å². The van der Waals surface area contributed by atoms with E-state index in [1.54, 1.807) is 24.5 Å². The number of nitrogens with one attached hydrogen (secondary N) is 1. The van der Waals surface area contributed by atoms with Crippen LogP contribution in [-0.4, -0.2) is 29.1 Å². The van der Waals surface area contributed by atoms with Crippen LogP contribution in [0, 0.1) is 0 Å². The van der Waals surface area contributed by atoms with Gasteiger partial charge in [0.25, 0.3) is 0 Å². The van der Waals surface area contributed by atoms with E-state index in [-0.39, 0.29) is 5.56 Å². The zero-order valence-electron chi connectivity index (χ0n) is 19.5. The Morgan fingerprint density at radius 2 is 1.76 bits per heavy atom. The van der Waals surface area contributed by atoms with Crippen molar-refractivity contribution < 1.29 is 14.6 Å². The van der Waals surface area contributed by atoms with Crippen LogP contribution in [0.15, 0.2) is 67.0 Å². The molecule has 0 fully saturated rings. The summed E-state index contributed by atoms with van der Waals surface area (Å²) in [7, 11) is 0. The summed E-state index contributed by atoms with van der Waals surface area (Å²) in [5.41, 5.74) is 2.68. The maximum atomic E-state index is 12.0. The van der Waals surface area contributed by atoms with Gasteiger partial charge in [-0.25, -0.2) is 4.79 Å². The third-order valence-corrected chi connectivity index (χ3v) is 5.39. The Bertz CT molecular complexity index is 1000. The van der Waals surface area contributed by atoms with Crippen LogP contribution < -0.4 is 15.0 Å². The van der Waals surface area contributed by atoms with Crippen LogP contribution >= 0.6 is 0 Å². The van der Waals surface area contributed by atoms with Crippen molar-refractivity contribution in [3.05, 3.63) is 78.1 Å². The van der Waals surface area contributed by atoms with Crippen molar-refractivity contribution in [1.82, 2.24) is 4.98 Å².